The van der Waals surface area contributed by atoms with Gasteiger partial charge in [-0.25, -0.2) is 0 Å². The van der Waals surface area contributed by atoms with E-state index in [0.717, 1.165) is 32.1 Å². The Bertz CT molecular complexity index is 574. The Balaban J connectivity index is 3.66. The lowest BCUT2D eigenvalue weighted by molar-refractivity contribution is -0.123. The van der Waals surface area contributed by atoms with Crippen LogP contribution in [0.2, 0.25) is 0 Å². The van der Waals surface area contributed by atoms with Crippen LogP contribution < -0.4 is 5.32 Å². The molecule has 0 heterocycles. The molecule has 0 aromatic rings. The molecule has 0 bridgehead atoms. The summed E-state index contributed by atoms with van der Waals surface area (Å²) in [7, 11) is 0. The second-order valence-electron chi connectivity index (χ2n) is 11.9. The molecule has 0 rings (SSSR count). The third-order valence-corrected chi connectivity index (χ3v) is 7.94. The number of aliphatic hydroxyl groups is 2. The van der Waals surface area contributed by atoms with Crippen LogP contribution in [0.15, 0.2) is 24.3 Å². The fourth-order valence-corrected chi connectivity index (χ4v) is 5.19. The van der Waals surface area contributed by atoms with Crippen LogP contribution in [0.3, 0.4) is 0 Å². The Morgan fingerprint density at radius 2 is 0.975 bits per heavy atom. The van der Waals surface area contributed by atoms with Gasteiger partial charge in [0.25, 0.3) is 0 Å². The van der Waals surface area contributed by atoms with Gasteiger partial charge in [0.05, 0.1) is 18.8 Å². The van der Waals surface area contributed by atoms with Crippen LogP contribution in [-0.4, -0.2) is 34.9 Å². The number of carbonyl (C=O) groups excluding carboxylic acids is 1. The standard InChI is InChI=1S/C36H69NO3/c1-3-5-7-9-11-13-15-17-18-20-22-24-26-28-30-32-36(40)37-34(33-38)35(39)31-29-27-25-23-21-19-16-14-12-10-8-6-4-2/h21,23,29,31,34-35,38-39H,3-20,22,24-28,30,32-33H2,1-2H3,(H,37,40)/b23-21?,31-29+/t34-,35+/m0/s1. The van der Waals surface area contributed by atoms with Crippen LogP contribution in [0.5, 0.6) is 0 Å². The van der Waals surface area contributed by atoms with Crippen molar-refractivity contribution < 1.29 is 15.0 Å². The van der Waals surface area contributed by atoms with E-state index in [1.54, 1.807) is 6.08 Å². The Morgan fingerprint density at radius 3 is 1.45 bits per heavy atom. The third-order valence-electron chi connectivity index (χ3n) is 7.94. The van der Waals surface area contributed by atoms with Crippen molar-refractivity contribution in [3.63, 3.8) is 0 Å². The molecule has 0 aliphatic heterocycles. The van der Waals surface area contributed by atoms with Gasteiger partial charge < -0.3 is 15.5 Å². The average Bonchev–Trinajstić information content (AvgIpc) is 2.96. The van der Waals surface area contributed by atoms with Gasteiger partial charge >= 0.3 is 0 Å². The molecule has 0 aromatic carbocycles. The molecule has 0 saturated heterocycles. The molecule has 0 aliphatic rings. The van der Waals surface area contributed by atoms with E-state index >= 15 is 0 Å². The zero-order valence-corrected chi connectivity index (χ0v) is 26.9. The summed E-state index contributed by atoms with van der Waals surface area (Å²) in [4.78, 5) is 12.3. The molecule has 0 unspecified atom stereocenters. The molecular weight excluding hydrogens is 494 g/mol. The van der Waals surface area contributed by atoms with Crippen molar-refractivity contribution in [2.24, 2.45) is 0 Å². The molecule has 4 nitrogen and oxygen atoms in total. The molecule has 4 heteroatoms. The van der Waals surface area contributed by atoms with Crippen LogP contribution in [0.4, 0.5) is 0 Å². The van der Waals surface area contributed by atoms with Crippen molar-refractivity contribution in [2.75, 3.05) is 6.61 Å². The van der Waals surface area contributed by atoms with E-state index in [4.69, 9.17) is 0 Å². The molecule has 2 atom stereocenters. The Kier molecular flexibility index (Phi) is 31.5. The molecule has 236 valence electrons. The van der Waals surface area contributed by atoms with E-state index in [2.05, 4.69) is 31.3 Å². The number of carbonyl (C=O) groups is 1. The zero-order chi connectivity index (χ0) is 29.4. The van der Waals surface area contributed by atoms with Crippen molar-refractivity contribution >= 4 is 5.91 Å². The summed E-state index contributed by atoms with van der Waals surface area (Å²) < 4.78 is 0. The first-order valence-electron chi connectivity index (χ1n) is 17.6. The summed E-state index contributed by atoms with van der Waals surface area (Å²) in [5.41, 5.74) is 0. The first kappa shape index (κ1) is 38.9. The minimum atomic E-state index is -0.855. The van der Waals surface area contributed by atoms with E-state index in [0.29, 0.717) is 6.42 Å². The minimum absolute atomic E-state index is 0.0745. The minimum Gasteiger partial charge on any atom is -0.394 e. The van der Waals surface area contributed by atoms with E-state index in [-0.39, 0.29) is 12.5 Å². The largest absolute Gasteiger partial charge is 0.394 e. The molecule has 0 aliphatic carbocycles. The average molecular weight is 564 g/mol. The lowest BCUT2D eigenvalue weighted by Crippen LogP contribution is -2.45. The van der Waals surface area contributed by atoms with Crippen molar-refractivity contribution in [1.29, 1.82) is 0 Å². The first-order valence-corrected chi connectivity index (χ1v) is 17.6. The van der Waals surface area contributed by atoms with Gasteiger partial charge in [-0.1, -0.05) is 167 Å². The normalized spacial score (nSPS) is 13.4. The molecule has 0 spiro atoms. The highest BCUT2D eigenvalue weighted by Gasteiger charge is 2.17. The maximum absolute atomic E-state index is 12.3. The Morgan fingerprint density at radius 1 is 0.575 bits per heavy atom. The molecule has 0 radical (unpaired) electrons. The van der Waals surface area contributed by atoms with E-state index < -0.39 is 12.1 Å². The second-order valence-corrected chi connectivity index (χ2v) is 11.9. The lowest BCUT2D eigenvalue weighted by Gasteiger charge is -2.19. The van der Waals surface area contributed by atoms with Crippen molar-refractivity contribution in [3.8, 4) is 0 Å². The quantitative estimate of drug-likeness (QED) is 0.0580. The third kappa shape index (κ3) is 28.4. The summed E-state index contributed by atoms with van der Waals surface area (Å²) in [6.07, 6.45) is 39.7. The Labute approximate surface area is 249 Å². The topological polar surface area (TPSA) is 69.6 Å². The van der Waals surface area contributed by atoms with Gasteiger partial charge in [-0.05, 0) is 32.1 Å². The number of aliphatic hydroxyl groups excluding tert-OH is 2. The van der Waals surface area contributed by atoms with Crippen LogP contribution in [0.25, 0.3) is 0 Å². The summed E-state index contributed by atoms with van der Waals surface area (Å²) >= 11 is 0. The molecule has 0 fully saturated rings. The second kappa shape index (κ2) is 32.4. The number of unbranched alkanes of at least 4 members (excludes halogenated alkanes) is 22. The number of rotatable bonds is 31. The molecular formula is C36H69NO3. The highest BCUT2D eigenvalue weighted by molar-refractivity contribution is 5.76. The van der Waals surface area contributed by atoms with Crippen LogP contribution in [-0.2, 0) is 4.79 Å². The smallest absolute Gasteiger partial charge is 0.220 e. The summed E-state index contributed by atoms with van der Waals surface area (Å²) in [6.45, 7) is 4.27. The lowest BCUT2D eigenvalue weighted by atomic mass is 10.0. The highest BCUT2D eigenvalue weighted by atomic mass is 16.3. The van der Waals surface area contributed by atoms with Gasteiger partial charge in [-0.2, -0.15) is 0 Å². The van der Waals surface area contributed by atoms with Gasteiger partial charge in [0.15, 0.2) is 0 Å². The Hall–Kier alpha value is -1.13. The summed E-state index contributed by atoms with van der Waals surface area (Å²) in [5.74, 6) is -0.0745. The highest BCUT2D eigenvalue weighted by Crippen LogP contribution is 2.14. The van der Waals surface area contributed by atoms with Crippen LogP contribution >= 0.6 is 0 Å². The van der Waals surface area contributed by atoms with Crippen molar-refractivity contribution in [3.05, 3.63) is 24.3 Å². The van der Waals surface area contributed by atoms with Gasteiger partial charge in [0.1, 0.15) is 0 Å². The predicted molar refractivity (Wildman–Crippen MR) is 175 cm³/mol. The van der Waals surface area contributed by atoms with Crippen molar-refractivity contribution in [2.45, 2.75) is 193 Å². The number of hydrogen-bond donors (Lipinski definition) is 3. The van der Waals surface area contributed by atoms with Gasteiger partial charge in [-0.15, -0.1) is 0 Å². The van der Waals surface area contributed by atoms with Crippen molar-refractivity contribution in [1.82, 2.24) is 5.32 Å². The monoisotopic (exact) mass is 564 g/mol. The van der Waals surface area contributed by atoms with Crippen LogP contribution in [0, 0.1) is 0 Å². The molecule has 3 N–H and O–H groups in total. The molecule has 0 aromatic heterocycles. The number of allylic oxidation sites excluding steroid dienone is 3. The van der Waals surface area contributed by atoms with E-state index in [1.165, 1.54) is 128 Å². The number of nitrogens with one attached hydrogen (secondary N) is 1. The number of amides is 1. The van der Waals surface area contributed by atoms with Gasteiger partial charge in [0, 0.05) is 6.42 Å². The zero-order valence-electron chi connectivity index (χ0n) is 26.9. The fraction of sp³-hybridized carbons (Fsp3) is 0.861. The molecule has 0 saturated carbocycles. The van der Waals surface area contributed by atoms with E-state index in [9.17, 15) is 15.0 Å². The summed E-state index contributed by atoms with van der Waals surface area (Å²) in [6, 6.07) is -0.632. The fourth-order valence-electron chi connectivity index (χ4n) is 5.19. The maximum atomic E-state index is 12.3. The van der Waals surface area contributed by atoms with Crippen LogP contribution in [0.1, 0.15) is 181 Å². The molecule has 40 heavy (non-hydrogen) atoms. The molecule has 1 amide bonds. The SMILES string of the molecule is CCCCCCCCCC=CCC/C=C/[C@@H](O)[C@H](CO)NC(=O)CCCCCCCCCCCCCCCCC. The first-order chi connectivity index (χ1) is 19.7. The van der Waals surface area contributed by atoms with E-state index in [1.807, 2.05) is 6.08 Å². The maximum Gasteiger partial charge on any atom is 0.220 e. The summed E-state index contributed by atoms with van der Waals surface area (Å²) in [5, 5.41) is 22.8. The predicted octanol–water partition coefficient (Wildman–Crippen LogP) is 10.1. The van der Waals surface area contributed by atoms with Gasteiger partial charge in [-0.3, -0.25) is 4.79 Å². The van der Waals surface area contributed by atoms with Gasteiger partial charge in [0.2, 0.25) is 5.91 Å². The number of hydrogen-bond acceptors (Lipinski definition) is 3.